The Kier molecular flexibility index (Phi) is 6.01. The van der Waals surface area contributed by atoms with Gasteiger partial charge in [-0.15, -0.1) is 0 Å². The summed E-state index contributed by atoms with van der Waals surface area (Å²) in [6.45, 7) is 0.501. The number of benzene rings is 1. The highest BCUT2D eigenvalue weighted by atomic mass is 16.5. The van der Waals surface area contributed by atoms with Gasteiger partial charge in [0.25, 0.3) is 0 Å². The number of amides is 2. The molecule has 0 heterocycles. The number of rotatable bonds is 5. The van der Waals surface area contributed by atoms with Crippen molar-refractivity contribution in [1.82, 2.24) is 5.32 Å². The van der Waals surface area contributed by atoms with Crippen LogP contribution in [0.25, 0.3) is 0 Å². The van der Waals surface area contributed by atoms with E-state index in [-0.39, 0.29) is 0 Å². The minimum atomic E-state index is -0.650. The Hall–Kier alpha value is -2.30. The molecule has 22 heavy (non-hydrogen) atoms. The summed E-state index contributed by atoms with van der Waals surface area (Å²) in [5.74, 6) is -0.557. The standard InChI is InChI=1S/C17H22N2O3/c1-22-15-9-7-14(8-10-15)19-17(21)16(20)18-12-11-13-5-3-2-4-6-13/h5,7-10H,2-4,6,11-12H2,1H3,(H,18,20)(H,19,21). The summed E-state index contributed by atoms with van der Waals surface area (Å²) in [5.41, 5.74) is 1.94. The first-order chi connectivity index (χ1) is 10.7. The average molecular weight is 302 g/mol. The van der Waals surface area contributed by atoms with E-state index in [0.29, 0.717) is 18.0 Å². The van der Waals surface area contributed by atoms with Crippen molar-refractivity contribution in [1.29, 1.82) is 0 Å². The van der Waals surface area contributed by atoms with Gasteiger partial charge < -0.3 is 15.4 Å². The van der Waals surface area contributed by atoms with E-state index in [4.69, 9.17) is 4.74 Å². The van der Waals surface area contributed by atoms with E-state index >= 15 is 0 Å². The van der Waals surface area contributed by atoms with E-state index in [1.54, 1.807) is 31.4 Å². The molecular formula is C17H22N2O3. The van der Waals surface area contributed by atoms with Gasteiger partial charge in [-0.3, -0.25) is 9.59 Å². The van der Waals surface area contributed by atoms with Crippen molar-refractivity contribution in [3.05, 3.63) is 35.9 Å². The number of carbonyl (C=O) groups is 2. The van der Waals surface area contributed by atoms with Gasteiger partial charge >= 0.3 is 11.8 Å². The molecule has 0 bridgehead atoms. The van der Waals surface area contributed by atoms with Crippen molar-refractivity contribution in [3.63, 3.8) is 0 Å². The Morgan fingerprint density at radius 3 is 2.55 bits per heavy atom. The van der Waals surface area contributed by atoms with Gasteiger partial charge in [-0.2, -0.15) is 0 Å². The maximum Gasteiger partial charge on any atom is 0.313 e. The lowest BCUT2D eigenvalue weighted by Crippen LogP contribution is -2.36. The third kappa shape index (κ3) is 4.91. The summed E-state index contributed by atoms with van der Waals surface area (Å²) >= 11 is 0. The predicted molar refractivity (Wildman–Crippen MR) is 85.8 cm³/mol. The van der Waals surface area contributed by atoms with Crippen molar-refractivity contribution in [3.8, 4) is 5.75 Å². The Labute approximate surface area is 130 Å². The second-order valence-corrected chi connectivity index (χ2v) is 5.30. The summed E-state index contributed by atoms with van der Waals surface area (Å²) in [4.78, 5) is 23.5. The molecule has 0 spiro atoms. The molecule has 1 aromatic rings. The van der Waals surface area contributed by atoms with Crippen LogP contribution in [0.1, 0.15) is 32.1 Å². The second kappa shape index (κ2) is 8.22. The smallest absolute Gasteiger partial charge is 0.313 e. The highest BCUT2D eigenvalue weighted by Gasteiger charge is 2.13. The van der Waals surface area contributed by atoms with E-state index in [0.717, 1.165) is 19.3 Å². The summed E-state index contributed by atoms with van der Waals surface area (Å²) in [5, 5.41) is 5.22. The van der Waals surface area contributed by atoms with Gasteiger partial charge in [0.05, 0.1) is 7.11 Å². The first kappa shape index (κ1) is 16.1. The van der Waals surface area contributed by atoms with Gasteiger partial charge in [0, 0.05) is 12.2 Å². The lowest BCUT2D eigenvalue weighted by Gasteiger charge is -2.12. The molecule has 5 nitrogen and oxygen atoms in total. The van der Waals surface area contributed by atoms with Crippen LogP contribution in [-0.4, -0.2) is 25.5 Å². The molecule has 0 aliphatic heterocycles. The largest absolute Gasteiger partial charge is 0.497 e. The van der Waals surface area contributed by atoms with Gasteiger partial charge in [0.2, 0.25) is 0 Å². The SMILES string of the molecule is COc1ccc(NC(=O)C(=O)NCCC2=CCCCC2)cc1. The van der Waals surface area contributed by atoms with Gasteiger partial charge in [-0.05, 0) is 56.4 Å². The zero-order valence-corrected chi connectivity index (χ0v) is 12.9. The average Bonchev–Trinajstić information content (AvgIpc) is 2.56. The maximum atomic E-state index is 11.8. The third-order valence-electron chi connectivity index (χ3n) is 3.67. The number of anilines is 1. The first-order valence-electron chi connectivity index (χ1n) is 7.60. The highest BCUT2D eigenvalue weighted by Crippen LogP contribution is 2.19. The number of nitrogens with one attached hydrogen (secondary N) is 2. The number of carbonyl (C=O) groups excluding carboxylic acids is 2. The fourth-order valence-electron chi connectivity index (χ4n) is 2.41. The Morgan fingerprint density at radius 2 is 1.91 bits per heavy atom. The van der Waals surface area contributed by atoms with E-state index in [9.17, 15) is 9.59 Å². The minimum absolute atomic E-state index is 0.501. The zero-order chi connectivity index (χ0) is 15.8. The van der Waals surface area contributed by atoms with Crippen LogP contribution in [0, 0.1) is 0 Å². The zero-order valence-electron chi connectivity index (χ0n) is 12.9. The molecule has 0 atom stereocenters. The monoisotopic (exact) mass is 302 g/mol. The molecule has 2 rings (SSSR count). The highest BCUT2D eigenvalue weighted by molar-refractivity contribution is 6.39. The molecule has 0 unspecified atom stereocenters. The molecule has 118 valence electrons. The fourth-order valence-corrected chi connectivity index (χ4v) is 2.41. The molecule has 0 saturated heterocycles. The van der Waals surface area contributed by atoms with Gasteiger partial charge in [0.1, 0.15) is 5.75 Å². The topological polar surface area (TPSA) is 67.4 Å². The third-order valence-corrected chi connectivity index (χ3v) is 3.67. The van der Waals surface area contributed by atoms with Crippen LogP contribution in [-0.2, 0) is 9.59 Å². The molecule has 0 radical (unpaired) electrons. The Balaban J connectivity index is 1.74. The van der Waals surface area contributed by atoms with Crippen LogP contribution >= 0.6 is 0 Å². The van der Waals surface area contributed by atoms with Gasteiger partial charge in [-0.25, -0.2) is 0 Å². The van der Waals surface area contributed by atoms with Crippen LogP contribution < -0.4 is 15.4 Å². The van der Waals surface area contributed by atoms with Crippen LogP contribution in [0.5, 0.6) is 5.75 Å². The van der Waals surface area contributed by atoms with Crippen molar-refractivity contribution in [2.24, 2.45) is 0 Å². The number of methoxy groups -OCH3 is 1. The molecule has 1 aliphatic rings. The number of hydrogen-bond donors (Lipinski definition) is 2. The molecule has 0 aromatic heterocycles. The van der Waals surface area contributed by atoms with Gasteiger partial charge in [0.15, 0.2) is 0 Å². The maximum absolute atomic E-state index is 11.8. The first-order valence-corrected chi connectivity index (χ1v) is 7.60. The molecule has 1 aromatic carbocycles. The van der Waals surface area contributed by atoms with Crippen molar-refractivity contribution >= 4 is 17.5 Å². The van der Waals surface area contributed by atoms with Crippen molar-refractivity contribution < 1.29 is 14.3 Å². The van der Waals surface area contributed by atoms with Crippen LogP contribution in [0.4, 0.5) is 5.69 Å². The molecule has 0 saturated carbocycles. The Bertz CT molecular complexity index is 550. The quantitative estimate of drug-likeness (QED) is 0.649. The van der Waals surface area contributed by atoms with Crippen LogP contribution in [0.3, 0.4) is 0 Å². The van der Waals surface area contributed by atoms with Crippen LogP contribution in [0.2, 0.25) is 0 Å². The predicted octanol–water partition coefficient (Wildman–Crippen LogP) is 2.64. The van der Waals surface area contributed by atoms with Gasteiger partial charge in [-0.1, -0.05) is 11.6 Å². The van der Waals surface area contributed by atoms with Crippen LogP contribution in [0.15, 0.2) is 35.9 Å². The number of hydrogen-bond acceptors (Lipinski definition) is 3. The molecule has 2 amide bonds. The summed E-state index contributed by atoms with van der Waals surface area (Å²) in [7, 11) is 1.57. The Morgan fingerprint density at radius 1 is 1.14 bits per heavy atom. The minimum Gasteiger partial charge on any atom is -0.497 e. The lowest BCUT2D eigenvalue weighted by atomic mass is 9.97. The summed E-state index contributed by atoms with van der Waals surface area (Å²) in [6, 6.07) is 6.83. The molecular weight excluding hydrogens is 280 g/mol. The molecule has 0 fully saturated rings. The number of allylic oxidation sites excluding steroid dienone is 1. The summed E-state index contributed by atoms with van der Waals surface area (Å²) in [6.07, 6.45) is 7.77. The second-order valence-electron chi connectivity index (χ2n) is 5.30. The van der Waals surface area contributed by atoms with E-state index in [1.807, 2.05) is 0 Å². The normalized spacial score (nSPS) is 14.0. The summed E-state index contributed by atoms with van der Waals surface area (Å²) < 4.78 is 5.04. The van der Waals surface area contributed by atoms with E-state index < -0.39 is 11.8 Å². The van der Waals surface area contributed by atoms with E-state index in [2.05, 4.69) is 16.7 Å². The molecule has 2 N–H and O–H groups in total. The fraction of sp³-hybridized carbons (Fsp3) is 0.412. The van der Waals surface area contributed by atoms with Crippen molar-refractivity contribution in [2.75, 3.05) is 19.0 Å². The molecule has 1 aliphatic carbocycles. The van der Waals surface area contributed by atoms with E-state index in [1.165, 1.54) is 18.4 Å². The number of ether oxygens (including phenoxy) is 1. The molecule has 5 heteroatoms. The lowest BCUT2D eigenvalue weighted by molar-refractivity contribution is -0.136. The van der Waals surface area contributed by atoms with Crippen molar-refractivity contribution in [2.45, 2.75) is 32.1 Å².